The van der Waals surface area contributed by atoms with Crippen LogP contribution in [0, 0.1) is 0 Å². The summed E-state index contributed by atoms with van der Waals surface area (Å²) in [6, 6.07) is 6.88. The highest BCUT2D eigenvalue weighted by Crippen LogP contribution is 2.45. The van der Waals surface area contributed by atoms with E-state index in [4.69, 9.17) is 4.42 Å². The molecule has 4 rings (SSSR count). The van der Waals surface area contributed by atoms with Crippen molar-refractivity contribution in [2.24, 2.45) is 0 Å². The summed E-state index contributed by atoms with van der Waals surface area (Å²) in [6.45, 7) is 0. The van der Waals surface area contributed by atoms with E-state index in [0.717, 1.165) is 32.1 Å². The van der Waals surface area contributed by atoms with Crippen LogP contribution in [0.15, 0.2) is 46.2 Å². The predicted molar refractivity (Wildman–Crippen MR) is 95.4 cm³/mol. The maximum Gasteiger partial charge on any atom is 0.181 e. The first-order valence-corrected chi connectivity index (χ1v) is 10.5. The number of thiophene rings is 1. The Labute approximate surface area is 149 Å². The van der Waals surface area contributed by atoms with Gasteiger partial charge in [0.25, 0.3) is 0 Å². The van der Waals surface area contributed by atoms with Gasteiger partial charge in [-0.15, -0.1) is 11.3 Å². The maximum absolute atomic E-state index is 11.8. The van der Waals surface area contributed by atoms with Gasteiger partial charge in [-0.1, -0.05) is 12.1 Å². The minimum atomic E-state index is -3.24. The molecule has 0 unspecified atom stereocenters. The topological polar surface area (TPSA) is 77.2 Å². The minimum absolute atomic E-state index is 0.249. The Morgan fingerprint density at radius 3 is 2.56 bits per heavy atom. The van der Waals surface area contributed by atoms with Gasteiger partial charge in [0.1, 0.15) is 17.7 Å². The molecular weight excluding hydrogens is 358 g/mol. The number of carbonyl (C=O) groups is 1. The average molecular weight is 373 g/mol. The van der Waals surface area contributed by atoms with Crippen LogP contribution in [0.3, 0.4) is 0 Å². The van der Waals surface area contributed by atoms with Crippen LogP contribution in [0.25, 0.3) is 21.7 Å². The molecule has 1 aliphatic rings. The maximum atomic E-state index is 11.8. The predicted octanol–water partition coefficient (Wildman–Crippen LogP) is 3.53. The van der Waals surface area contributed by atoms with E-state index in [1.165, 1.54) is 12.6 Å². The summed E-state index contributed by atoms with van der Waals surface area (Å²) in [5.74, 6) is 0.249. The van der Waals surface area contributed by atoms with E-state index in [2.05, 4.69) is 4.98 Å². The van der Waals surface area contributed by atoms with E-state index in [0.29, 0.717) is 24.2 Å². The molecule has 128 valence electrons. The number of hydrogen-bond donors (Lipinski definition) is 0. The van der Waals surface area contributed by atoms with E-state index >= 15 is 0 Å². The van der Waals surface area contributed by atoms with Crippen LogP contribution in [0.2, 0.25) is 0 Å². The number of fused-ring (bicyclic) bond motifs is 1. The van der Waals surface area contributed by atoms with Gasteiger partial charge in [-0.05, 0) is 29.7 Å². The Hall–Kier alpha value is -2.25. The van der Waals surface area contributed by atoms with Gasteiger partial charge < -0.3 is 4.42 Å². The largest absolute Gasteiger partial charge is 0.451 e. The summed E-state index contributed by atoms with van der Waals surface area (Å²) in [7, 11) is -3.24. The van der Waals surface area contributed by atoms with Gasteiger partial charge in [0.2, 0.25) is 0 Å². The number of ketones is 1. The van der Waals surface area contributed by atoms with Crippen LogP contribution < -0.4 is 0 Å². The van der Waals surface area contributed by atoms with Crippen molar-refractivity contribution in [3.63, 3.8) is 0 Å². The molecule has 3 aromatic rings. The summed E-state index contributed by atoms with van der Waals surface area (Å²) in [5, 5.41) is 0. The monoisotopic (exact) mass is 373 g/mol. The molecule has 25 heavy (non-hydrogen) atoms. The van der Waals surface area contributed by atoms with Crippen molar-refractivity contribution in [2.75, 3.05) is 6.26 Å². The molecular formula is C18H15NO4S2. The third-order valence-corrected chi connectivity index (χ3v) is 6.72. The molecule has 2 aromatic heterocycles. The zero-order valence-corrected chi connectivity index (χ0v) is 15.1. The second-order valence-electron chi connectivity index (χ2n) is 6.09. The molecule has 0 spiro atoms. The second kappa shape index (κ2) is 5.93. The molecule has 0 saturated heterocycles. The van der Waals surface area contributed by atoms with Crippen molar-refractivity contribution in [3.05, 3.63) is 47.4 Å². The number of sulfone groups is 1. The Morgan fingerprint density at radius 1 is 1.16 bits per heavy atom. The lowest BCUT2D eigenvalue weighted by atomic mass is 9.90. The third-order valence-electron chi connectivity index (χ3n) is 4.34. The van der Waals surface area contributed by atoms with Crippen molar-refractivity contribution in [1.29, 1.82) is 0 Å². The molecule has 0 radical (unpaired) electrons. The molecule has 0 saturated carbocycles. The number of benzene rings is 1. The fourth-order valence-corrected chi connectivity index (χ4v) is 5.12. The SMILES string of the molecule is CS(=O)(=O)c1ccc(-c2c(-c3cocn3)sc3c2CCC(=O)C3)cc1. The second-order valence-corrected chi connectivity index (χ2v) is 9.21. The molecule has 0 bridgehead atoms. The molecule has 1 aliphatic carbocycles. The Bertz CT molecular complexity index is 1050. The van der Waals surface area contributed by atoms with Crippen LogP contribution in [0.5, 0.6) is 0 Å². The number of Topliss-reactive ketones (excluding diaryl/α,β-unsaturated/α-hetero) is 1. The number of hydrogen-bond acceptors (Lipinski definition) is 6. The van der Waals surface area contributed by atoms with Gasteiger partial charge in [0.05, 0.1) is 9.77 Å². The number of oxazole rings is 1. The fraction of sp³-hybridized carbons (Fsp3) is 0.222. The Kier molecular flexibility index (Phi) is 3.85. The Balaban J connectivity index is 1.90. The van der Waals surface area contributed by atoms with Crippen molar-refractivity contribution in [1.82, 2.24) is 4.98 Å². The summed E-state index contributed by atoms with van der Waals surface area (Å²) >= 11 is 1.57. The molecule has 0 N–H and O–H groups in total. The molecule has 2 heterocycles. The minimum Gasteiger partial charge on any atom is -0.451 e. The van der Waals surface area contributed by atoms with Gasteiger partial charge in [-0.3, -0.25) is 4.79 Å². The lowest BCUT2D eigenvalue weighted by molar-refractivity contribution is -0.118. The third kappa shape index (κ3) is 2.94. The average Bonchev–Trinajstić information content (AvgIpc) is 3.21. The van der Waals surface area contributed by atoms with Crippen LogP contribution in [0.4, 0.5) is 0 Å². The summed E-state index contributed by atoms with van der Waals surface area (Å²) in [6.07, 6.45) is 5.86. The van der Waals surface area contributed by atoms with Crippen molar-refractivity contribution in [2.45, 2.75) is 24.2 Å². The number of nitrogens with zero attached hydrogens (tertiary/aromatic N) is 1. The van der Waals surface area contributed by atoms with Gasteiger partial charge in [0, 0.05) is 29.5 Å². The quantitative estimate of drug-likeness (QED) is 0.702. The molecule has 0 aliphatic heterocycles. The first-order chi connectivity index (χ1) is 11.9. The number of aromatic nitrogens is 1. The summed E-state index contributed by atoms with van der Waals surface area (Å²) in [4.78, 5) is 18.4. The van der Waals surface area contributed by atoms with Crippen molar-refractivity contribution < 1.29 is 17.6 Å². The molecule has 0 fully saturated rings. The highest BCUT2D eigenvalue weighted by Gasteiger charge is 2.26. The smallest absolute Gasteiger partial charge is 0.181 e. The highest BCUT2D eigenvalue weighted by atomic mass is 32.2. The van der Waals surface area contributed by atoms with Gasteiger partial charge >= 0.3 is 0 Å². The van der Waals surface area contributed by atoms with Crippen LogP contribution in [0.1, 0.15) is 16.9 Å². The summed E-state index contributed by atoms with van der Waals surface area (Å²) in [5.41, 5.74) is 3.85. The van der Waals surface area contributed by atoms with Crippen LogP contribution in [-0.4, -0.2) is 25.4 Å². The van der Waals surface area contributed by atoms with E-state index in [9.17, 15) is 13.2 Å². The lowest BCUT2D eigenvalue weighted by Gasteiger charge is -2.13. The summed E-state index contributed by atoms with van der Waals surface area (Å²) < 4.78 is 28.5. The number of carbonyl (C=O) groups excluding carboxylic acids is 1. The van der Waals surface area contributed by atoms with E-state index in [1.54, 1.807) is 29.7 Å². The number of rotatable bonds is 3. The van der Waals surface area contributed by atoms with Crippen molar-refractivity contribution >= 4 is 27.0 Å². The molecule has 7 heteroatoms. The Morgan fingerprint density at radius 2 is 1.92 bits per heavy atom. The van der Waals surface area contributed by atoms with Gasteiger partial charge in [-0.2, -0.15) is 0 Å². The van der Waals surface area contributed by atoms with Gasteiger partial charge in [0.15, 0.2) is 16.2 Å². The van der Waals surface area contributed by atoms with E-state index in [-0.39, 0.29) is 5.78 Å². The van der Waals surface area contributed by atoms with Crippen LogP contribution in [-0.2, 0) is 27.5 Å². The first-order valence-electron chi connectivity index (χ1n) is 7.79. The molecule has 5 nitrogen and oxygen atoms in total. The molecule has 0 atom stereocenters. The van der Waals surface area contributed by atoms with Gasteiger partial charge in [-0.25, -0.2) is 13.4 Å². The first kappa shape index (κ1) is 16.2. The van der Waals surface area contributed by atoms with Crippen LogP contribution >= 0.6 is 11.3 Å². The highest BCUT2D eigenvalue weighted by molar-refractivity contribution is 7.90. The zero-order chi connectivity index (χ0) is 17.6. The lowest BCUT2D eigenvalue weighted by Crippen LogP contribution is -2.11. The van der Waals surface area contributed by atoms with Crippen molar-refractivity contribution in [3.8, 4) is 21.7 Å². The standard InChI is InChI=1S/C18H15NO4S2/c1-25(21,22)13-5-2-11(3-6-13)17-14-7-4-12(20)8-16(14)24-18(17)15-9-23-10-19-15/h2-3,5-6,9-10H,4,7-8H2,1H3. The molecule has 0 amide bonds. The van der Waals surface area contributed by atoms with E-state index < -0.39 is 9.84 Å². The molecule has 1 aromatic carbocycles. The van der Waals surface area contributed by atoms with E-state index in [1.807, 2.05) is 12.1 Å². The fourth-order valence-electron chi connectivity index (χ4n) is 3.13. The normalized spacial score (nSPS) is 14.5. The zero-order valence-electron chi connectivity index (χ0n) is 13.5.